The smallest absolute Gasteiger partial charge is 0.264 e. The van der Waals surface area contributed by atoms with Gasteiger partial charge in [0.05, 0.1) is 130 Å². The minimum absolute atomic E-state index is 0.0668. The third-order valence-electron chi connectivity index (χ3n) is 8.12. The summed E-state index contributed by atoms with van der Waals surface area (Å²) in [6.45, 7) is 8.84. The van der Waals surface area contributed by atoms with Crippen molar-refractivity contribution in [2.75, 3.05) is 124 Å². The number of amides is 4. The van der Waals surface area contributed by atoms with Gasteiger partial charge in [0.2, 0.25) is 11.8 Å². The number of nitrogens with one attached hydrogen (secondary N) is 2. The fraction of sp³-hybridized carbons (Fsp3) is 0.579. The van der Waals surface area contributed by atoms with E-state index in [0.29, 0.717) is 131 Å². The van der Waals surface area contributed by atoms with Crippen LogP contribution in [0.4, 0.5) is 5.69 Å². The van der Waals surface area contributed by atoms with Gasteiger partial charge in [-0.1, -0.05) is 36.4 Å². The number of carbonyl (C=O) groups is 4. The maximum absolute atomic E-state index is 13.2. The summed E-state index contributed by atoms with van der Waals surface area (Å²) in [4.78, 5) is 50.8. The van der Waals surface area contributed by atoms with Crippen LogP contribution in [0.1, 0.15) is 39.1 Å². The maximum atomic E-state index is 13.2. The highest BCUT2D eigenvalue weighted by Crippen LogP contribution is 2.32. The molecule has 0 aromatic heterocycles. The zero-order valence-corrected chi connectivity index (χ0v) is 30.8. The molecule has 0 bridgehead atoms. The molecular formula is C38H53N3O13. The molecule has 298 valence electrons. The molecule has 4 rings (SSSR count). The Bertz CT molecular complexity index is 1410. The van der Waals surface area contributed by atoms with E-state index in [9.17, 15) is 19.2 Å². The number of fused-ring (bicyclic) bond motifs is 1. The van der Waals surface area contributed by atoms with E-state index < -0.39 is 29.7 Å². The molecule has 1 unspecified atom stereocenters. The molecule has 16 heteroatoms. The molecule has 2 N–H and O–H groups in total. The quantitative estimate of drug-likeness (QED) is 0.0841. The van der Waals surface area contributed by atoms with Crippen LogP contribution >= 0.6 is 0 Å². The lowest BCUT2D eigenvalue weighted by Gasteiger charge is -2.27. The summed E-state index contributed by atoms with van der Waals surface area (Å²) >= 11 is 0. The molecule has 4 amide bonds. The molecule has 1 fully saturated rings. The average Bonchev–Trinajstić information content (AvgIpc) is 3.43. The van der Waals surface area contributed by atoms with Gasteiger partial charge in [-0.25, -0.2) is 0 Å². The second kappa shape index (κ2) is 26.0. The van der Waals surface area contributed by atoms with Crippen molar-refractivity contribution in [2.24, 2.45) is 0 Å². The number of imide groups is 2. The highest BCUT2D eigenvalue weighted by molar-refractivity contribution is 6.25. The molecule has 2 aliphatic rings. The van der Waals surface area contributed by atoms with Crippen LogP contribution in [0.2, 0.25) is 0 Å². The first kappa shape index (κ1) is 42.9. The summed E-state index contributed by atoms with van der Waals surface area (Å²) in [7, 11) is 0. The van der Waals surface area contributed by atoms with Crippen molar-refractivity contribution >= 4 is 29.3 Å². The first-order valence-corrected chi connectivity index (χ1v) is 18.4. The second-order valence-corrected chi connectivity index (χ2v) is 12.0. The van der Waals surface area contributed by atoms with Crippen LogP contribution in [0.15, 0.2) is 48.5 Å². The zero-order chi connectivity index (χ0) is 38.1. The van der Waals surface area contributed by atoms with Gasteiger partial charge in [0.25, 0.3) is 11.8 Å². The summed E-state index contributed by atoms with van der Waals surface area (Å²) in [6.07, 6.45) is 0.172. The Hall–Kier alpha value is -3.84. The van der Waals surface area contributed by atoms with E-state index in [1.54, 1.807) is 18.2 Å². The Morgan fingerprint density at radius 2 is 1.04 bits per heavy atom. The molecular weight excluding hydrogens is 706 g/mol. The average molecular weight is 760 g/mol. The van der Waals surface area contributed by atoms with E-state index in [1.165, 1.54) is 0 Å². The molecule has 1 atom stereocenters. The summed E-state index contributed by atoms with van der Waals surface area (Å²) in [5, 5.41) is 5.33. The van der Waals surface area contributed by atoms with Crippen LogP contribution in [0.5, 0.6) is 0 Å². The van der Waals surface area contributed by atoms with Gasteiger partial charge in [-0.3, -0.25) is 29.4 Å². The molecule has 2 aromatic carbocycles. The van der Waals surface area contributed by atoms with Crippen LogP contribution < -0.4 is 10.6 Å². The van der Waals surface area contributed by atoms with Gasteiger partial charge in [0.15, 0.2) is 0 Å². The van der Waals surface area contributed by atoms with E-state index in [-0.39, 0.29) is 24.0 Å². The number of ether oxygens (including phenoxy) is 9. The third kappa shape index (κ3) is 15.5. The number of rotatable bonds is 31. The third-order valence-corrected chi connectivity index (χ3v) is 8.12. The number of hydrogen-bond donors (Lipinski definition) is 2. The highest BCUT2D eigenvalue weighted by atomic mass is 16.6. The Balaban J connectivity index is 0.852. The maximum Gasteiger partial charge on any atom is 0.264 e. The minimum Gasteiger partial charge on any atom is -0.382 e. The number of carbonyl (C=O) groups excluding carboxylic acids is 4. The topological polar surface area (TPSA) is 179 Å². The van der Waals surface area contributed by atoms with Crippen molar-refractivity contribution in [3.05, 3.63) is 65.2 Å². The van der Waals surface area contributed by atoms with Crippen molar-refractivity contribution in [3.8, 4) is 0 Å². The van der Waals surface area contributed by atoms with Gasteiger partial charge in [-0.15, -0.1) is 0 Å². The number of piperidine rings is 1. The van der Waals surface area contributed by atoms with E-state index in [4.69, 9.17) is 42.6 Å². The van der Waals surface area contributed by atoms with E-state index in [1.807, 2.05) is 30.3 Å². The van der Waals surface area contributed by atoms with Gasteiger partial charge >= 0.3 is 0 Å². The van der Waals surface area contributed by atoms with Gasteiger partial charge in [-0.05, 0) is 24.1 Å². The van der Waals surface area contributed by atoms with Crippen LogP contribution in [-0.4, -0.2) is 153 Å². The molecule has 0 radical (unpaired) electrons. The molecule has 2 aromatic rings. The minimum atomic E-state index is -1.01. The van der Waals surface area contributed by atoms with Crippen molar-refractivity contribution in [1.29, 1.82) is 0 Å². The number of hydrogen-bond acceptors (Lipinski definition) is 14. The molecule has 16 nitrogen and oxygen atoms in total. The van der Waals surface area contributed by atoms with Gasteiger partial charge in [-0.2, -0.15) is 0 Å². The lowest BCUT2D eigenvalue weighted by Crippen LogP contribution is -2.54. The van der Waals surface area contributed by atoms with Crippen LogP contribution in [0, 0.1) is 0 Å². The molecule has 0 aliphatic carbocycles. The lowest BCUT2D eigenvalue weighted by molar-refractivity contribution is -0.136. The summed E-state index contributed by atoms with van der Waals surface area (Å²) in [6, 6.07) is 13.9. The Labute approximate surface area is 315 Å². The van der Waals surface area contributed by atoms with E-state index in [2.05, 4.69) is 10.6 Å². The van der Waals surface area contributed by atoms with E-state index in [0.717, 1.165) is 10.5 Å². The number of benzene rings is 2. The van der Waals surface area contributed by atoms with Crippen LogP contribution in [0.25, 0.3) is 0 Å². The van der Waals surface area contributed by atoms with Gasteiger partial charge in [0.1, 0.15) is 6.04 Å². The largest absolute Gasteiger partial charge is 0.382 e. The number of anilines is 1. The van der Waals surface area contributed by atoms with Gasteiger partial charge < -0.3 is 47.9 Å². The normalized spacial score (nSPS) is 15.6. The highest BCUT2D eigenvalue weighted by Gasteiger charge is 2.45. The Kier molecular flexibility index (Phi) is 20.7. The number of nitrogens with zero attached hydrogens (tertiary/aromatic N) is 1. The first-order valence-electron chi connectivity index (χ1n) is 18.4. The fourth-order valence-corrected chi connectivity index (χ4v) is 5.44. The molecule has 1 saturated heterocycles. The lowest BCUT2D eigenvalue weighted by atomic mass is 10.0. The van der Waals surface area contributed by atoms with Crippen molar-refractivity contribution in [1.82, 2.24) is 10.2 Å². The molecule has 0 spiro atoms. The fourth-order valence-electron chi connectivity index (χ4n) is 5.44. The second-order valence-electron chi connectivity index (χ2n) is 12.0. The standard InChI is InChI=1S/C38H53N3O13/c42-34-10-9-33(36(43)40-34)41-37(44)31-7-4-8-32(35(31)38(41)45)39-11-12-46-13-14-47-15-16-48-17-18-49-19-20-50-21-22-51-23-24-52-25-26-53-27-28-54-29-30-5-2-1-3-6-30/h1-8,33,39H,9-29H2,(H,40,42,43). The summed E-state index contributed by atoms with van der Waals surface area (Å²) in [5.41, 5.74) is 2.06. The predicted octanol–water partition coefficient (Wildman–Crippen LogP) is 1.85. The molecule has 2 aliphatic heterocycles. The Morgan fingerprint density at radius 3 is 1.54 bits per heavy atom. The van der Waals surface area contributed by atoms with Crippen molar-refractivity contribution < 1.29 is 61.8 Å². The van der Waals surface area contributed by atoms with Crippen LogP contribution in [-0.2, 0) is 58.8 Å². The molecule has 0 saturated carbocycles. The van der Waals surface area contributed by atoms with Crippen LogP contribution in [0.3, 0.4) is 0 Å². The van der Waals surface area contributed by atoms with Crippen molar-refractivity contribution in [3.63, 3.8) is 0 Å². The van der Waals surface area contributed by atoms with E-state index >= 15 is 0 Å². The van der Waals surface area contributed by atoms with Crippen molar-refractivity contribution in [2.45, 2.75) is 25.5 Å². The first-order chi connectivity index (χ1) is 26.6. The molecule has 2 heterocycles. The predicted molar refractivity (Wildman–Crippen MR) is 194 cm³/mol. The SMILES string of the molecule is O=C1CCC(N2C(=O)c3cccc(NCCOCCOCCOCCOCCOCCOCCOCCOCCOCc4ccccc4)c3C2=O)C(=O)N1. The Morgan fingerprint density at radius 1 is 0.556 bits per heavy atom. The monoisotopic (exact) mass is 759 g/mol. The van der Waals surface area contributed by atoms with Gasteiger partial charge in [0, 0.05) is 18.7 Å². The summed E-state index contributed by atoms with van der Waals surface area (Å²) < 4.78 is 49.6. The zero-order valence-electron chi connectivity index (χ0n) is 30.8. The molecule has 54 heavy (non-hydrogen) atoms. The summed E-state index contributed by atoms with van der Waals surface area (Å²) in [5.74, 6) is -2.16.